The zero-order chi connectivity index (χ0) is 16.6. The van der Waals surface area contributed by atoms with Crippen LogP contribution in [-0.2, 0) is 6.18 Å². The Balaban J connectivity index is 1.64. The molecule has 0 amide bonds. The molecule has 1 fully saturated rings. The number of piperazine rings is 1. The van der Waals surface area contributed by atoms with E-state index in [0.717, 1.165) is 49.3 Å². The minimum atomic E-state index is -4.34. The van der Waals surface area contributed by atoms with Crippen molar-refractivity contribution in [3.05, 3.63) is 34.5 Å². The van der Waals surface area contributed by atoms with Crippen LogP contribution in [0.4, 0.5) is 24.1 Å². The molecule has 4 nitrogen and oxygen atoms in total. The maximum atomic E-state index is 12.6. The molecular weight excluding hydrogens is 325 g/mol. The third-order valence-electron chi connectivity index (χ3n) is 3.97. The highest BCUT2D eigenvalue weighted by molar-refractivity contribution is 7.15. The molecule has 3 heterocycles. The van der Waals surface area contributed by atoms with Crippen molar-refractivity contribution in [2.24, 2.45) is 0 Å². The van der Waals surface area contributed by atoms with E-state index in [1.165, 1.54) is 10.9 Å². The van der Waals surface area contributed by atoms with E-state index in [-0.39, 0.29) is 0 Å². The summed E-state index contributed by atoms with van der Waals surface area (Å²) in [5.74, 6) is 0.587. The summed E-state index contributed by atoms with van der Waals surface area (Å²) in [5.41, 5.74) is 0.338. The number of anilines is 2. The number of halogens is 3. The summed E-state index contributed by atoms with van der Waals surface area (Å²) >= 11 is 1.68. The second-order valence-corrected chi connectivity index (χ2v) is 6.70. The first-order chi connectivity index (χ1) is 10.8. The van der Waals surface area contributed by atoms with Crippen molar-refractivity contribution in [3.63, 3.8) is 0 Å². The van der Waals surface area contributed by atoms with E-state index >= 15 is 0 Å². The number of alkyl halides is 3. The van der Waals surface area contributed by atoms with Crippen LogP contribution in [0.2, 0.25) is 0 Å². The molecule has 0 bridgehead atoms. The Morgan fingerprint density at radius 1 is 1.04 bits per heavy atom. The Hall–Kier alpha value is -1.83. The van der Waals surface area contributed by atoms with E-state index in [1.807, 2.05) is 11.8 Å². The van der Waals surface area contributed by atoms with Crippen molar-refractivity contribution in [1.29, 1.82) is 0 Å². The summed E-state index contributed by atoms with van der Waals surface area (Å²) in [7, 11) is 0. The lowest BCUT2D eigenvalue weighted by molar-refractivity contribution is -0.137. The third kappa shape index (κ3) is 3.41. The SMILES string of the molecule is Cc1nc(N2CCN(c3ccc(C(F)(F)F)cn3)CC2)sc1C. The van der Waals surface area contributed by atoms with Gasteiger partial charge in [0.2, 0.25) is 0 Å². The third-order valence-corrected chi connectivity index (χ3v) is 5.10. The molecule has 0 radical (unpaired) electrons. The summed E-state index contributed by atoms with van der Waals surface area (Å²) < 4.78 is 37.7. The molecule has 1 saturated heterocycles. The Morgan fingerprint density at radius 3 is 2.17 bits per heavy atom. The average Bonchev–Trinajstić information content (AvgIpc) is 2.86. The van der Waals surface area contributed by atoms with Crippen molar-refractivity contribution < 1.29 is 13.2 Å². The van der Waals surface area contributed by atoms with Crippen LogP contribution in [0.15, 0.2) is 18.3 Å². The van der Waals surface area contributed by atoms with Gasteiger partial charge in [0.25, 0.3) is 0 Å². The van der Waals surface area contributed by atoms with Gasteiger partial charge in [-0.2, -0.15) is 13.2 Å². The first-order valence-corrected chi connectivity index (χ1v) is 8.13. The standard InChI is InChI=1S/C15H17F3N4S/c1-10-11(2)23-14(20-10)22-7-5-21(6-8-22)13-4-3-12(9-19-13)15(16,17)18/h3-4,9H,5-8H2,1-2H3. The monoisotopic (exact) mass is 342 g/mol. The van der Waals surface area contributed by atoms with E-state index < -0.39 is 11.7 Å². The molecule has 0 spiro atoms. The summed E-state index contributed by atoms with van der Waals surface area (Å²) in [6.07, 6.45) is -3.44. The Morgan fingerprint density at radius 2 is 1.70 bits per heavy atom. The zero-order valence-electron chi connectivity index (χ0n) is 12.9. The van der Waals surface area contributed by atoms with Crippen LogP contribution in [0.5, 0.6) is 0 Å². The highest BCUT2D eigenvalue weighted by Crippen LogP contribution is 2.30. The van der Waals surface area contributed by atoms with Crippen LogP contribution in [0.1, 0.15) is 16.1 Å². The minimum absolute atomic E-state index is 0.587. The molecule has 0 atom stereocenters. The topological polar surface area (TPSA) is 32.3 Å². The molecule has 8 heteroatoms. The quantitative estimate of drug-likeness (QED) is 0.836. The highest BCUT2D eigenvalue weighted by Gasteiger charge is 2.31. The van der Waals surface area contributed by atoms with Crippen LogP contribution in [0.3, 0.4) is 0 Å². The molecule has 1 aliphatic rings. The van der Waals surface area contributed by atoms with Crippen molar-refractivity contribution in [2.75, 3.05) is 36.0 Å². The summed E-state index contributed by atoms with van der Waals surface area (Å²) in [6.45, 7) is 7.06. The van der Waals surface area contributed by atoms with Gasteiger partial charge in [0.05, 0.1) is 11.3 Å². The van der Waals surface area contributed by atoms with Gasteiger partial charge >= 0.3 is 6.18 Å². The van der Waals surface area contributed by atoms with Crippen LogP contribution in [0.25, 0.3) is 0 Å². The smallest absolute Gasteiger partial charge is 0.353 e. The van der Waals surface area contributed by atoms with Crippen LogP contribution in [0, 0.1) is 13.8 Å². The first kappa shape index (κ1) is 16.0. The second-order valence-electron chi connectivity index (χ2n) is 5.51. The van der Waals surface area contributed by atoms with Gasteiger partial charge in [-0.05, 0) is 26.0 Å². The van der Waals surface area contributed by atoms with E-state index in [1.54, 1.807) is 11.3 Å². The maximum Gasteiger partial charge on any atom is 0.417 e. The first-order valence-electron chi connectivity index (χ1n) is 7.32. The van der Waals surface area contributed by atoms with Gasteiger partial charge in [0, 0.05) is 37.3 Å². The van der Waals surface area contributed by atoms with Crippen molar-refractivity contribution in [1.82, 2.24) is 9.97 Å². The molecule has 23 heavy (non-hydrogen) atoms. The average molecular weight is 342 g/mol. The number of hydrogen-bond donors (Lipinski definition) is 0. The number of nitrogens with zero attached hydrogens (tertiary/aromatic N) is 4. The predicted molar refractivity (Wildman–Crippen MR) is 85.3 cm³/mol. The molecule has 3 rings (SSSR count). The summed E-state index contributed by atoms with van der Waals surface area (Å²) in [4.78, 5) is 13.9. The lowest BCUT2D eigenvalue weighted by Gasteiger charge is -2.35. The largest absolute Gasteiger partial charge is 0.417 e. The Kier molecular flexibility index (Phi) is 4.18. The second kappa shape index (κ2) is 5.99. The molecule has 0 aromatic carbocycles. The normalized spacial score (nSPS) is 16.0. The van der Waals surface area contributed by atoms with E-state index in [9.17, 15) is 13.2 Å². The molecule has 124 valence electrons. The van der Waals surface area contributed by atoms with Crippen LogP contribution >= 0.6 is 11.3 Å². The van der Waals surface area contributed by atoms with Gasteiger partial charge in [-0.15, -0.1) is 11.3 Å². The zero-order valence-corrected chi connectivity index (χ0v) is 13.7. The van der Waals surface area contributed by atoms with Gasteiger partial charge in [0.15, 0.2) is 5.13 Å². The Bertz CT molecular complexity index is 654. The maximum absolute atomic E-state index is 12.6. The molecule has 1 aliphatic heterocycles. The fraction of sp³-hybridized carbons (Fsp3) is 0.467. The molecule has 0 unspecified atom stereocenters. The number of rotatable bonds is 2. The lowest BCUT2D eigenvalue weighted by atomic mass is 10.2. The molecule has 2 aromatic rings. The highest BCUT2D eigenvalue weighted by atomic mass is 32.1. The molecule has 2 aromatic heterocycles. The predicted octanol–water partition coefficient (Wildman–Crippen LogP) is 3.50. The van der Waals surface area contributed by atoms with Crippen molar-refractivity contribution in [2.45, 2.75) is 20.0 Å². The number of aromatic nitrogens is 2. The number of pyridine rings is 1. The van der Waals surface area contributed by atoms with Gasteiger partial charge < -0.3 is 9.80 Å². The molecule has 0 N–H and O–H groups in total. The molecule has 0 saturated carbocycles. The van der Waals surface area contributed by atoms with Crippen LogP contribution in [-0.4, -0.2) is 36.1 Å². The van der Waals surface area contributed by atoms with Crippen molar-refractivity contribution in [3.8, 4) is 0 Å². The number of thiazole rings is 1. The van der Waals surface area contributed by atoms with E-state index in [2.05, 4.69) is 21.8 Å². The fourth-order valence-electron chi connectivity index (χ4n) is 2.46. The minimum Gasteiger partial charge on any atom is -0.353 e. The van der Waals surface area contributed by atoms with Crippen molar-refractivity contribution >= 4 is 22.3 Å². The van der Waals surface area contributed by atoms with E-state index in [4.69, 9.17) is 0 Å². The number of aryl methyl sites for hydroxylation is 2. The van der Waals surface area contributed by atoms with E-state index in [0.29, 0.717) is 5.82 Å². The molecular formula is C15H17F3N4S. The summed E-state index contributed by atoms with van der Waals surface area (Å²) in [6, 6.07) is 2.53. The van der Waals surface area contributed by atoms with Gasteiger partial charge in [-0.25, -0.2) is 9.97 Å². The van der Waals surface area contributed by atoms with Gasteiger partial charge in [-0.3, -0.25) is 0 Å². The lowest BCUT2D eigenvalue weighted by Crippen LogP contribution is -2.46. The summed E-state index contributed by atoms with van der Waals surface area (Å²) in [5, 5.41) is 1.01. The van der Waals surface area contributed by atoms with Crippen LogP contribution < -0.4 is 9.80 Å². The fourth-order valence-corrected chi connectivity index (χ4v) is 3.42. The van der Waals surface area contributed by atoms with Gasteiger partial charge in [0.1, 0.15) is 5.82 Å². The van der Waals surface area contributed by atoms with Gasteiger partial charge in [-0.1, -0.05) is 0 Å². The Labute approximate surface area is 136 Å². The molecule has 0 aliphatic carbocycles. The number of hydrogen-bond acceptors (Lipinski definition) is 5.